The SMILES string of the molecule is Nc1cnncc1-c1ccc(F)cc1. The number of nitrogens with zero attached hydrogens (tertiary/aromatic N) is 2. The average molecular weight is 189 g/mol. The lowest BCUT2D eigenvalue weighted by molar-refractivity contribution is 0.628. The predicted octanol–water partition coefficient (Wildman–Crippen LogP) is 1.86. The second-order valence-corrected chi connectivity index (χ2v) is 2.87. The van der Waals surface area contributed by atoms with Crippen LogP contribution in [0.25, 0.3) is 11.1 Å². The quantitative estimate of drug-likeness (QED) is 0.744. The molecule has 0 aliphatic carbocycles. The van der Waals surface area contributed by atoms with E-state index in [4.69, 9.17) is 5.73 Å². The van der Waals surface area contributed by atoms with E-state index in [-0.39, 0.29) is 5.82 Å². The minimum Gasteiger partial charge on any atom is -0.397 e. The molecular weight excluding hydrogens is 181 g/mol. The van der Waals surface area contributed by atoms with Gasteiger partial charge in [-0.05, 0) is 17.7 Å². The number of nitrogen functional groups attached to an aromatic ring is 1. The molecule has 0 fully saturated rings. The van der Waals surface area contributed by atoms with Gasteiger partial charge in [-0.25, -0.2) is 4.39 Å². The Morgan fingerprint density at radius 1 is 1.00 bits per heavy atom. The highest BCUT2D eigenvalue weighted by Crippen LogP contribution is 2.23. The van der Waals surface area contributed by atoms with E-state index in [1.807, 2.05) is 0 Å². The van der Waals surface area contributed by atoms with Crippen LogP contribution in [0.1, 0.15) is 0 Å². The summed E-state index contributed by atoms with van der Waals surface area (Å²) >= 11 is 0. The van der Waals surface area contributed by atoms with Gasteiger partial charge in [0.1, 0.15) is 5.82 Å². The minimum atomic E-state index is -0.269. The van der Waals surface area contributed by atoms with Crippen LogP contribution in [0.15, 0.2) is 36.7 Å². The number of benzene rings is 1. The Bertz CT molecular complexity index is 439. The fraction of sp³-hybridized carbons (Fsp3) is 0. The first kappa shape index (κ1) is 8.62. The molecule has 14 heavy (non-hydrogen) atoms. The molecule has 0 radical (unpaired) electrons. The number of nitrogens with two attached hydrogens (primary N) is 1. The largest absolute Gasteiger partial charge is 0.397 e. The van der Waals surface area contributed by atoms with Crippen molar-refractivity contribution in [3.8, 4) is 11.1 Å². The van der Waals surface area contributed by atoms with E-state index in [0.29, 0.717) is 5.69 Å². The van der Waals surface area contributed by atoms with Gasteiger partial charge < -0.3 is 5.73 Å². The molecule has 4 heteroatoms. The van der Waals surface area contributed by atoms with E-state index in [9.17, 15) is 4.39 Å². The third-order valence-electron chi connectivity index (χ3n) is 1.92. The molecule has 1 heterocycles. The second-order valence-electron chi connectivity index (χ2n) is 2.87. The monoisotopic (exact) mass is 189 g/mol. The van der Waals surface area contributed by atoms with E-state index in [1.54, 1.807) is 18.3 Å². The molecular formula is C10H8FN3. The van der Waals surface area contributed by atoms with Gasteiger partial charge in [-0.3, -0.25) is 0 Å². The molecule has 3 nitrogen and oxygen atoms in total. The van der Waals surface area contributed by atoms with Crippen molar-refractivity contribution in [2.45, 2.75) is 0 Å². The van der Waals surface area contributed by atoms with Crippen LogP contribution >= 0.6 is 0 Å². The number of hydrogen-bond acceptors (Lipinski definition) is 3. The summed E-state index contributed by atoms with van der Waals surface area (Å²) in [6.45, 7) is 0. The van der Waals surface area contributed by atoms with Crippen molar-refractivity contribution in [3.05, 3.63) is 42.5 Å². The summed E-state index contributed by atoms with van der Waals surface area (Å²) in [5.41, 5.74) is 7.82. The average Bonchev–Trinajstić information content (AvgIpc) is 2.20. The van der Waals surface area contributed by atoms with Gasteiger partial charge in [0.15, 0.2) is 0 Å². The summed E-state index contributed by atoms with van der Waals surface area (Å²) in [5, 5.41) is 7.36. The molecule has 2 aromatic rings. The summed E-state index contributed by atoms with van der Waals surface area (Å²) in [7, 11) is 0. The lowest BCUT2D eigenvalue weighted by atomic mass is 10.1. The third-order valence-corrected chi connectivity index (χ3v) is 1.92. The molecule has 0 aliphatic rings. The van der Waals surface area contributed by atoms with E-state index in [1.165, 1.54) is 18.3 Å². The highest BCUT2D eigenvalue weighted by Gasteiger charge is 2.02. The first-order chi connectivity index (χ1) is 6.77. The Hall–Kier alpha value is -1.97. The number of aromatic nitrogens is 2. The Balaban J connectivity index is 2.50. The van der Waals surface area contributed by atoms with Crippen LogP contribution < -0.4 is 5.73 Å². The molecule has 70 valence electrons. The molecule has 0 amide bonds. The highest BCUT2D eigenvalue weighted by molar-refractivity contribution is 5.74. The molecule has 2 rings (SSSR count). The lowest BCUT2D eigenvalue weighted by Crippen LogP contribution is -1.93. The van der Waals surface area contributed by atoms with Crippen LogP contribution in [-0.2, 0) is 0 Å². The first-order valence-electron chi connectivity index (χ1n) is 4.09. The zero-order valence-electron chi connectivity index (χ0n) is 7.31. The zero-order chi connectivity index (χ0) is 9.97. The molecule has 0 unspecified atom stereocenters. The number of halogens is 1. The van der Waals surface area contributed by atoms with Crippen LogP contribution in [0.3, 0.4) is 0 Å². The maximum Gasteiger partial charge on any atom is 0.123 e. The van der Waals surface area contributed by atoms with E-state index in [0.717, 1.165) is 11.1 Å². The summed E-state index contributed by atoms with van der Waals surface area (Å²) in [5.74, 6) is -0.269. The molecule has 0 saturated heterocycles. The van der Waals surface area contributed by atoms with E-state index in [2.05, 4.69) is 10.2 Å². The smallest absolute Gasteiger partial charge is 0.123 e. The van der Waals surface area contributed by atoms with Gasteiger partial charge in [0.25, 0.3) is 0 Å². The minimum absolute atomic E-state index is 0.269. The van der Waals surface area contributed by atoms with Crippen molar-refractivity contribution in [3.63, 3.8) is 0 Å². The topological polar surface area (TPSA) is 51.8 Å². The molecule has 0 bridgehead atoms. The Morgan fingerprint density at radius 3 is 2.29 bits per heavy atom. The maximum atomic E-state index is 12.6. The maximum absolute atomic E-state index is 12.6. The van der Waals surface area contributed by atoms with Crippen molar-refractivity contribution in [2.75, 3.05) is 5.73 Å². The fourth-order valence-electron chi connectivity index (χ4n) is 1.20. The van der Waals surface area contributed by atoms with Crippen LogP contribution in [0.2, 0.25) is 0 Å². The van der Waals surface area contributed by atoms with Crippen LogP contribution in [0, 0.1) is 5.82 Å². The molecule has 0 saturated carbocycles. The zero-order valence-corrected chi connectivity index (χ0v) is 7.31. The summed E-state index contributed by atoms with van der Waals surface area (Å²) in [4.78, 5) is 0. The molecule has 1 aromatic carbocycles. The second kappa shape index (κ2) is 3.41. The van der Waals surface area contributed by atoms with Gasteiger partial charge in [-0.15, -0.1) is 0 Å². The molecule has 2 N–H and O–H groups in total. The molecule has 0 aliphatic heterocycles. The van der Waals surface area contributed by atoms with Crippen LogP contribution in [0.5, 0.6) is 0 Å². The Kier molecular flexibility index (Phi) is 2.10. The van der Waals surface area contributed by atoms with Gasteiger partial charge in [-0.1, -0.05) is 12.1 Å². The molecule has 0 spiro atoms. The lowest BCUT2D eigenvalue weighted by Gasteiger charge is -2.02. The standard InChI is InChI=1S/C10H8FN3/c11-8-3-1-7(2-4-8)9-5-13-14-6-10(9)12/h1-6H,(H2,12,13). The van der Waals surface area contributed by atoms with Gasteiger partial charge in [0.2, 0.25) is 0 Å². The summed E-state index contributed by atoms with van der Waals surface area (Å²) in [6, 6.07) is 6.08. The number of rotatable bonds is 1. The van der Waals surface area contributed by atoms with Crippen molar-refractivity contribution in [1.29, 1.82) is 0 Å². The Labute approximate surface area is 80.4 Å². The van der Waals surface area contributed by atoms with E-state index >= 15 is 0 Å². The molecule has 0 atom stereocenters. The first-order valence-corrected chi connectivity index (χ1v) is 4.09. The van der Waals surface area contributed by atoms with Gasteiger partial charge in [0.05, 0.1) is 18.1 Å². The Morgan fingerprint density at radius 2 is 1.64 bits per heavy atom. The predicted molar refractivity (Wildman–Crippen MR) is 51.8 cm³/mol. The van der Waals surface area contributed by atoms with Gasteiger partial charge in [0, 0.05) is 5.56 Å². The normalized spacial score (nSPS) is 10.1. The van der Waals surface area contributed by atoms with Gasteiger partial charge >= 0.3 is 0 Å². The number of hydrogen-bond donors (Lipinski definition) is 1. The van der Waals surface area contributed by atoms with Crippen molar-refractivity contribution in [2.24, 2.45) is 0 Å². The van der Waals surface area contributed by atoms with Crippen LogP contribution in [-0.4, -0.2) is 10.2 Å². The fourth-order valence-corrected chi connectivity index (χ4v) is 1.20. The van der Waals surface area contributed by atoms with Crippen LogP contribution in [0.4, 0.5) is 10.1 Å². The van der Waals surface area contributed by atoms with Crippen molar-refractivity contribution in [1.82, 2.24) is 10.2 Å². The number of anilines is 1. The summed E-state index contributed by atoms with van der Waals surface area (Å²) < 4.78 is 12.6. The van der Waals surface area contributed by atoms with Gasteiger partial charge in [-0.2, -0.15) is 10.2 Å². The van der Waals surface area contributed by atoms with Crippen molar-refractivity contribution >= 4 is 5.69 Å². The van der Waals surface area contributed by atoms with E-state index < -0.39 is 0 Å². The highest BCUT2D eigenvalue weighted by atomic mass is 19.1. The summed E-state index contributed by atoms with van der Waals surface area (Å²) in [6.07, 6.45) is 3.03. The third kappa shape index (κ3) is 1.54. The molecule has 1 aromatic heterocycles. The van der Waals surface area contributed by atoms with Crippen molar-refractivity contribution < 1.29 is 4.39 Å².